The van der Waals surface area contributed by atoms with E-state index in [4.69, 9.17) is 5.26 Å². The number of H-pyrrole nitrogens is 1. The third kappa shape index (κ3) is 0.890. The summed E-state index contributed by atoms with van der Waals surface area (Å²) in [6.45, 7) is 1.69. The van der Waals surface area contributed by atoms with Crippen molar-refractivity contribution in [3.05, 3.63) is 17.7 Å². The van der Waals surface area contributed by atoms with Gasteiger partial charge in [0.1, 0.15) is 11.8 Å². The molecule has 1 rings (SSSR count). The van der Waals surface area contributed by atoms with Crippen LogP contribution in [-0.2, 0) is 0 Å². The van der Waals surface area contributed by atoms with Gasteiger partial charge in [0.25, 0.3) is 5.78 Å². The number of rotatable bonds is 1. The lowest BCUT2D eigenvalue weighted by molar-refractivity contribution is 0.104. The van der Waals surface area contributed by atoms with Gasteiger partial charge in [-0.25, -0.2) is 4.98 Å². The molecule has 10 heavy (non-hydrogen) atoms. The largest absolute Gasteiger partial charge is 0.348 e. The average Bonchev–Trinajstić information content (AvgIpc) is 2.34. The first-order valence-electron chi connectivity index (χ1n) is 2.70. The number of hydrogen-bond donors (Lipinski definition) is 1. The highest BCUT2D eigenvalue weighted by Gasteiger charge is 2.08. The number of carbonyl (C=O) groups excluding carboxylic acids is 1. The van der Waals surface area contributed by atoms with E-state index in [-0.39, 0.29) is 5.69 Å². The van der Waals surface area contributed by atoms with Crippen LogP contribution in [0.5, 0.6) is 0 Å². The predicted molar refractivity (Wildman–Crippen MR) is 33.3 cm³/mol. The standard InChI is InChI=1S/C6H5N3O/c1-4-6(5(10)2-7)9-3-8-4/h3H,1H3,(H,8,9). The highest BCUT2D eigenvalue weighted by Crippen LogP contribution is 1.99. The van der Waals surface area contributed by atoms with E-state index >= 15 is 0 Å². The normalized spacial score (nSPS) is 8.80. The molecule has 4 nitrogen and oxygen atoms in total. The maximum atomic E-state index is 10.7. The van der Waals surface area contributed by atoms with Crippen LogP contribution in [0, 0.1) is 18.3 Å². The fourth-order valence-corrected chi connectivity index (χ4v) is 0.641. The molecule has 50 valence electrons. The zero-order chi connectivity index (χ0) is 7.56. The van der Waals surface area contributed by atoms with Gasteiger partial charge in [-0.1, -0.05) is 0 Å². The van der Waals surface area contributed by atoms with Crippen molar-refractivity contribution in [2.45, 2.75) is 6.92 Å². The molecule has 0 amide bonds. The maximum absolute atomic E-state index is 10.7. The number of hydrogen-bond acceptors (Lipinski definition) is 3. The fourth-order valence-electron chi connectivity index (χ4n) is 0.641. The number of nitriles is 1. The molecule has 1 N–H and O–H groups in total. The van der Waals surface area contributed by atoms with Gasteiger partial charge in [0.05, 0.1) is 6.33 Å². The SMILES string of the molecule is Cc1[nH]cnc1C(=O)C#N. The summed E-state index contributed by atoms with van der Waals surface area (Å²) in [6, 6.07) is 1.49. The average molecular weight is 135 g/mol. The number of aromatic amines is 1. The lowest BCUT2D eigenvalue weighted by atomic mass is 10.3. The minimum Gasteiger partial charge on any atom is -0.348 e. The first-order chi connectivity index (χ1) is 4.75. The molecular formula is C6H5N3O. The van der Waals surface area contributed by atoms with Gasteiger partial charge in [-0.15, -0.1) is 0 Å². The van der Waals surface area contributed by atoms with Crippen molar-refractivity contribution in [2.24, 2.45) is 0 Å². The molecule has 0 saturated carbocycles. The number of Topliss-reactive ketones (excluding diaryl/α,β-unsaturated/α-hetero) is 1. The summed E-state index contributed by atoms with van der Waals surface area (Å²) < 4.78 is 0. The van der Waals surface area contributed by atoms with Crippen molar-refractivity contribution < 1.29 is 4.79 Å². The van der Waals surface area contributed by atoms with E-state index in [0.29, 0.717) is 5.69 Å². The Balaban J connectivity index is 3.08. The molecule has 0 radical (unpaired) electrons. The van der Waals surface area contributed by atoms with E-state index in [1.165, 1.54) is 12.4 Å². The summed E-state index contributed by atoms with van der Waals surface area (Å²) in [5.41, 5.74) is 0.842. The van der Waals surface area contributed by atoms with Crippen LogP contribution in [0.3, 0.4) is 0 Å². The molecule has 1 aromatic rings. The molecule has 1 heterocycles. The predicted octanol–water partition coefficient (Wildman–Crippen LogP) is 0.424. The van der Waals surface area contributed by atoms with Gasteiger partial charge in [-0.05, 0) is 6.92 Å². The second-order valence-corrected chi connectivity index (χ2v) is 1.82. The molecule has 0 aliphatic heterocycles. The second-order valence-electron chi connectivity index (χ2n) is 1.82. The zero-order valence-electron chi connectivity index (χ0n) is 5.38. The van der Waals surface area contributed by atoms with E-state index in [1.807, 2.05) is 0 Å². The molecule has 1 aromatic heterocycles. The van der Waals surface area contributed by atoms with Crippen molar-refractivity contribution in [2.75, 3.05) is 0 Å². The van der Waals surface area contributed by atoms with Crippen LogP contribution in [0.25, 0.3) is 0 Å². The fraction of sp³-hybridized carbons (Fsp3) is 0.167. The van der Waals surface area contributed by atoms with Crippen LogP contribution in [0.2, 0.25) is 0 Å². The van der Waals surface area contributed by atoms with Crippen molar-refractivity contribution >= 4 is 5.78 Å². The van der Waals surface area contributed by atoms with E-state index in [0.717, 1.165) is 0 Å². The summed E-state index contributed by atoms with van der Waals surface area (Å²) in [5.74, 6) is -0.598. The molecule has 0 bridgehead atoms. The molecule has 4 heteroatoms. The highest BCUT2D eigenvalue weighted by atomic mass is 16.1. The molecule has 0 aliphatic rings. The Bertz CT molecular complexity index is 294. The first kappa shape index (κ1) is 6.49. The lowest BCUT2D eigenvalue weighted by Crippen LogP contribution is -1.96. The number of nitrogens with one attached hydrogen (secondary N) is 1. The Morgan fingerprint density at radius 2 is 2.60 bits per heavy atom. The number of aromatic nitrogens is 2. The van der Waals surface area contributed by atoms with Crippen LogP contribution < -0.4 is 0 Å². The Labute approximate surface area is 57.5 Å². The summed E-state index contributed by atoms with van der Waals surface area (Å²) in [7, 11) is 0. The Morgan fingerprint density at radius 1 is 1.90 bits per heavy atom. The van der Waals surface area contributed by atoms with E-state index in [2.05, 4.69) is 9.97 Å². The van der Waals surface area contributed by atoms with Gasteiger partial charge < -0.3 is 4.98 Å². The first-order valence-corrected chi connectivity index (χ1v) is 2.70. The summed E-state index contributed by atoms with van der Waals surface area (Å²) in [5, 5.41) is 8.18. The molecule has 0 saturated heterocycles. The van der Waals surface area contributed by atoms with E-state index in [9.17, 15) is 4.79 Å². The third-order valence-corrected chi connectivity index (χ3v) is 1.15. The molecule has 0 fully saturated rings. The van der Waals surface area contributed by atoms with Crippen molar-refractivity contribution in [1.29, 1.82) is 5.26 Å². The van der Waals surface area contributed by atoms with Crippen LogP contribution in [0.15, 0.2) is 6.33 Å². The van der Waals surface area contributed by atoms with Gasteiger partial charge in [-0.2, -0.15) is 5.26 Å². The minimum absolute atomic E-state index is 0.211. The van der Waals surface area contributed by atoms with Gasteiger partial charge in [0.2, 0.25) is 0 Å². The number of carbonyl (C=O) groups is 1. The zero-order valence-corrected chi connectivity index (χ0v) is 5.38. The van der Waals surface area contributed by atoms with E-state index in [1.54, 1.807) is 6.92 Å². The monoisotopic (exact) mass is 135 g/mol. The van der Waals surface area contributed by atoms with Crippen LogP contribution in [0.1, 0.15) is 16.2 Å². The summed E-state index contributed by atoms with van der Waals surface area (Å²) in [6.07, 6.45) is 1.39. The molecule has 0 unspecified atom stereocenters. The third-order valence-electron chi connectivity index (χ3n) is 1.15. The lowest BCUT2D eigenvalue weighted by Gasteiger charge is -1.84. The molecule has 0 aromatic carbocycles. The van der Waals surface area contributed by atoms with E-state index < -0.39 is 5.78 Å². The van der Waals surface area contributed by atoms with Gasteiger partial charge in [0.15, 0.2) is 0 Å². The Morgan fingerprint density at radius 3 is 3.00 bits per heavy atom. The summed E-state index contributed by atoms with van der Waals surface area (Å²) in [4.78, 5) is 17.0. The van der Waals surface area contributed by atoms with Crippen molar-refractivity contribution in [3.63, 3.8) is 0 Å². The molecule has 0 spiro atoms. The minimum atomic E-state index is -0.598. The number of aryl methyl sites for hydroxylation is 1. The number of nitrogens with zero attached hydrogens (tertiary/aromatic N) is 2. The second kappa shape index (κ2) is 2.31. The topological polar surface area (TPSA) is 69.5 Å². The Kier molecular flexibility index (Phi) is 1.50. The molecule has 0 atom stereocenters. The quantitative estimate of drug-likeness (QED) is 0.448. The van der Waals surface area contributed by atoms with Crippen LogP contribution in [-0.4, -0.2) is 15.8 Å². The maximum Gasteiger partial charge on any atom is 0.282 e. The number of ketones is 1. The Hall–Kier alpha value is -1.63. The smallest absolute Gasteiger partial charge is 0.282 e. The molecule has 0 aliphatic carbocycles. The van der Waals surface area contributed by atoms with Crippen LogP contribution in [0.4, 0.5) is 0 Å². The van der Waals surface area contributed by atoms with Crippen LogP contribution >= 0.6 is 0 Å². The summed E-state index contributed by atoms with van der Waals surface area (Å²) >= 11 is 0. The van der Waals surface area contributed by atoms with Gasteiger partial charge >= 0.3 is 0 Å². The van der Waals surface area contributed by atoms with Gasteiger partial charge in [-0.3, -0.25) is 4.79 Å². The number of imidazole rings is 1. The van der Waals surface area contributed by atoms with Gasteiger partial charge in [0, 0.05) is 5.69 Å². The van der Waals surface area contributed by atoms with Crippen molar-refractivity contribution in [3.8, 4) is 6.07 Å². The molecular weight excluding hydrogens is 130 g/mol. The van der Waals surface area contributed by atoms with Crippen molar-refractivity contribution in [1.82, 2.24) is 9.97 Å². The highest BCUT2D eigenvalue weighted by molar-refractivity contribution is 6.06.